The fraction of sp³-hybridized carbons (Fsp3) is 0.538. The number of rotatable bonds is 7. The minimum absolute atomic E-state index is 0.355. The third-order valence-corrected chi connectivity index (χ3v) is 2.43. The van der Waals surface area contributed by atoms with Crippen LogP contribution in [0.2, 0.25) is 0 Å². The minimum atomic E-state index is -0.381. The summed E-state index contributed by atoms with van der Waals surface area (Å²) in [5, 5.41) is 9.35. The van der Waals surface area contributed by atoms with Gasteiger partial charge in [0.1, 0.15) is 12.4 Å². The van der Waals surface area contributed by atoms with Crippen molar-refractivity contribution in [2.24, 2.45) is 0 Å². The van der Waals surface area contributed by atoms with Crippen LogP contribution in [0.15, 0.2) is 24.3 Å². The van der Waals surface area contributed by atoms with Gasteiger partial charge in [0, 0.05) is 7.11 Å². The number of aliphatic hydroxyl groups excluding tert-OH is 1. The van der Waals surface area contributed by atoms with E-state index in [0.717, 1.165) is 18.8 Å². The fourth-order valence-electron chi connectivity index (χ4n) is 1.28. The molecule has 1 aromatic rings. The first-order valence-corrected chi connectivity index (χ1v) is 5.65. The molecule has 0 bridgehead atoms. The zero-order valence-electron chi connectivity index (χ0n) is 9.98. The first kappa shape index (κ1) is 13.0. The highest BCUT2D eigenvalue weighted by molar-refractivity contribution is 5.27. The van der Waals surface area contributed by atoms with Crippen LogP contribution in [0.25, 0.3) is 0 Å². The van der Waals surface area contributed by atoms with E-state index >= 15 is 0 Å². The fourth-order valence-corrected chi connectivity index (χ4v) is 1.28. The SMILES string of the molecule is CCC(O)COc1ccc(CCOC)cc1. The maximum Gasteiger partial charge on any atom is 0.119 e. The van der Waals surface area contributed by atoms with E-state index in [2.05, 4.69) is 0 Å². The molecule has 0 amide bonds. The molecule has 0 saturated heterocycles. The van der Waals surface area contributed by atoms with Gasteiger partial charge in [-0.1, -0.05) is 19.1 Å². The Labute approximate surface area is 97.0 Å². The van der Waals surface area contributed by atoms with Crippen molar-refractivity contribution in [3.63, 3.8) is 0 Å². The van der Waals surface area contributed by atoms with Gasteiger partial charge in [-0.2, -0.15) is 0 Å². The Balaban J connectivity index is 2.38. The van der Waals surface area contributed by atoms with Crippen LogP contribution in [0.5, 0.6) is 5.75 Å². The molecular weight excluding hydrogens is 204 g/mol. The highest BCUT2D eigenvalue weighted by Gasteiger charge is 2.01. The summed E-state index contributed by atoms with van der Waals surface area (Å²) < 4.78 is 10.4. The molecule has 0 heterocycles. The lowest BCUT2D eigenvalue weighted by Crippen LogP contribution is -2.15. The number of methoxy groups -OCH3 is 1. The number of hydrogen-bond acceptors (Lipinski definition) is 3. The molecule has 0 aromatic heterocycles. The van der Waals surface area contributed by atoms with Gasteiger partial charge in [-0.05, 0) is 30.5 Å². The molecule has 90 valence electrons. The lowest BCUT2D eigenvalue weighted by Gasteiger charge is -2.10. The zero-order valence-corrected chi connectivity index (χ0v) is 9.98. The molecule has 3 heteroatoms. The van der Waals surface area contributed by atoms with Crippen LogP contribution in [0, 0.1) is 0 Å². The molecule has 0 fully saturated rings. The second-order valence-electron chi connectivity index (χ2n) is 3.76. The lowest BCUT2D eigenvalue weighted by atomic mass is 10.1. The van der Waals surface area contributed by atoms with Gasteiger partial charge in [0.2, 0.25) is 0 Å². The van der Waals surface area contributed by atoms with Crippen LogP contribution < -0.4 is 4.74 Å². The summed E-state index contributed by atoms with van der Waals surface area (Å²) in [7, 11) is 1.70. The van der Waals surface area contributed by atoms with Crippen LogP contribution in [0.1, 0.15) is 18.9 Å². The Hall–Kier alpha value is -1.06. The summed E-state index contributed by atoms with van der Waals surface area (Å²) in [6.07, 6.45) is 1.24. The molecule has 16 heavy (non-hydrogen) atoms. The summed E-state index contributed by atoms with van der Waals surface area (Å²) in [4.78, 5) is 0. The Morgan fingerprint density at radius 3 is 2.50 bits per heavy atom. The summed E-state index contributed by atoms with van der Waals surface area (Å²) in [5.41, 5.74) is 1.23. The molecule has 0 spiro atoms. The topological polar surface area (TPSA) is 38.7 Å². The largest absolute Gasteiger partial charge is 0.491 e. The van der Waals surface area contributed by atoms with Gasteiger partial charge in [-0.25, -0.2) is 0 Å². The average Bonchev–Trinajstić information content (AvgIpc) is 2.34. The predicted octanol–water partition coefficient (Wildman–Crippen LogP) is 2.03. The van der Waals surface area contributed by atoms with Gasteiger partial charge in [0.05, 0.1) is 12.7 Å². The molecule has 1 aromatic carbocycles. The van der Waals surface area contributed by atoms with Crippen LogP contribution in [-0.4, -0.2) is 31.5 Å². The molecular formula is C13H20O3. The Kier molecular flexibility index (Phi) is 5.90. The number of benzene rings is 1. The second-order valence-corrected chi connectivity index (χ2v) is 3.76. The second kappa shape index (κ2) is 7.25. The molecule has 0 aliphatic carbocycles. The highest BCUT2D eigenvalue weighted by Crippen LogP contribution is 2.13. The van der Waals surface area contributed by atoms with Crippen LogP contribution in [0.4, 0.5) is 0 Å². The van der Waals surface area contributed by atoms with Gasteiger partial charge in [0.15, 0.2) is 0 Å². The minimum Gasteiger partial charge on any atom is -0.491 e. The predicted molar refractivity (Wildman–Crippen MR) is 63.8 cm³/mol. The van der Waals surface area contributed by atoms with Crippen molar-refractivity contribution in [3.8, 4) is 5.75 Å². The molecule has 0 radical (unpaired) electrons. The smallest absolute Gasteiger partial charge is 0.119 e. The van der Waals surface area contributed by atoms with Crippen molar-refractivity contribution >= 4 is 0 Å². The molecule has 1 unspecified atom stereocenters. The highest BCUT2D eigenvalue weighted by atomic mass is 16.5. The van der Waals surface area contributed by atoms with Crippen molar-refractivity contribution in [2.75, 3.05) is 20.3 Å². The Morgan fingerprint density at radius 2 is 1.94 bits per heavy atom. The summed E-state index contributed by atoms with van der Waals surface area (Å²) in [6, 6.07) is 7.89. The molecule has 1 atom stereocenters. The third-order valence-electron chi connectivity index (χ3n) is 2.43. The van der Waals surface area contributed by atoms with E-state index < -0.39 is 0 Å². The maximum absolute atomic E-state index is 9.35. The van der Waals surface area contributed by atoms with E-state index in [1.165, 1.54) is 5.56 Å². The first-order valence-electron chi connectivity index (χ1n) is 5.65. The third kappa shape index (κ3) is 4.64. The molecule has 3 nitrogen and oxygen atoms in total. The molecule has 1 rings (SSSR count). The van der Waals surface area contributed by atoms with Crippen molar-refractivity contribution in [1.29, 1.82) is 0 Å². The van der Waals surface area contributed by atoms with Gasteiger partial charge >= 0.3 is 0 Å². The van der Waals surface area contributed by atoms with Crippen LogP contribution in [0.3, 0.4) is 0 Å². The van der Waals surface area contributed by atoms with E-state index in [0.29, 0.717) is 13.0 Å². The van der Waals surface area contributed by atoms with E-state index in [9.17, 15) is 5.11 Å². The van der Waals surface area contributed by atoms with Crippen molar-refractivity contribution in [1.82, 2.24) is 0 Å². The van der Waals surface area contributed by atoms with Gasteiger partial charge in [-0.15, -0.1) is 0 Å². The lowest BCUT2D eigenvalue weighted by molar-refractivity contribution is 0.104. The number of ether oxygens (including phenoxy) is 2. The normalized spacial score (nSPS) is 12.4. The summed E-state index contributed by atoms with van der Waals surface area (Å²) in [6.45, 7) is 3.02. The van der Waals surface area contributed by atoms with E-state index in [1.807, 2.05) is 31.2 Å². The monoisotopic (exact) mass is 224 g/mol. The quantitative estimate of drug-likeness (QED) is 0.770. The van der Waals surface area contributed by atoms with Crippen molar-refractivity contribution in [3.05, 3.63) is 29.8 Å². The molecule has 0 aliphatic rings. The van der Waals surface area contributed by atoms with Crippen molar-refractivity contribution in [2.45, 2.75) is 25.9 Å². The van der Waals surface area contributed by atoms with Gasteiger partial charge in [0.25, 0.3) is 0 Å². The molecule has 0 aliphatic heterocycles. The van der Waals surface area contributed by atoms with E-state index in [4.69, 9.17) is 9.47 Å². The Morgan fingerprint density at radius 1 is 1.25 bits per heavy atom. The maximum atomic E-state index is 9.35. The summed E-state index contributed by atoms with van der Waals surface area (Å²) in [5.74, 6) is 0.800. The zero-order chi connectivity index (χ0) is 11.8. The standard InChI is InChI=1S/C13H20O3/c1-3-12(14)10-16-13-6-4-11(5-7-13)8-9-15-2/h4-7,12,14H,3,8-10H2,1-2H3. The first-order chi connectivity index (χ1) is 7.76. The van der Waals surface area contributed by atoms with E-state index in [1.54, 1.807) is 7.11 Å². The molecule has 0 saturated carbocycles. The van der Waals surface area contributed by atoms with E-state index in [-0.39, 0.29) is 6.10 Å². The number of hydrogen-bond donors (Lipinski definition) is 1. The summed E-state index contributed by atoms with van der Waals surface area (Å²) >= 11 is 0. The van der Waals surface area contributed by atoms with Gasteiger partial charge in [-0.3, -0.25) is 0 Å². The van der Waals surface area contributed by atoms with Crippen molar-refractivity contribution < 1.29 is 14.6 Å². The van der Waals surface area contributed by atoms with Crippen LogP contribution in [-0.2, 0) is 11.2 Å². The van der Waals surface area contributed by atoms with Gasteiger partial charge < -0.3 is 14.6 Å². The number of aliphatic hydroxyl groups is 1. The van der Waals surface area contributed by atoms with Crippen LogP contribution >= 0.6 is 0 Å². The average molecular weight is 224 g/mol. The molecule has 1 N–H and O–H groups in total. The Bertz CT molecular complexity index is 282.